The summed E-state index contributed by atoms with van der Waals surface area (Å²) in [6.45, 7) is 29.6. The predicted molar refractivity (Wildman–Crippen MR) is 518 cm³/mol. The second-order valence-electron chi connectivity index (χ2n) is 28.6. The molecule has 0 saturated carbocycles. The third-order valence-electron chi connectivity index (χ3n) is 19.9. The van der Waals surface area contributed by atoms with Crippen molar-refractivity contribution in [2.24, 2.45) is 0 Å². The molecule has 0 radical (unpaired) electrons. The fraction of sp³-hybridized carbons (Fsp3) is 0.292. The number of carbonyl (C=O) groups is 4. The number of nitrogen functional groups attached to an aromatic ring is 2. The zero-order chi connectivity index (χ0) is 94.1. The molecule has 0 amide bonds. The maximum atomic E-state index is 13.4. The molecule has 3 aliphatic heterocycles. The molecular formula is C89H97Cl5N9NaO17S8. The van der Waals surface area contributed by atoms with Gasteiger partial charge in [-0.15, -0.1) is 51.0 Å². The van der Waals surface area contributed by atoms with E-state index in [0.29, 0.717) is 46.7 Å². The molecule has 11 aromatic rings. The molecule has 40 heteroatoms. The molecule has 14 rings (SSSR count). The fourth-order valence-electron chi connectivity index (χ4n) is 14.1. The van der Waals surface area contributed by atoms with Gasteiger partial charge in [0.2, 0.25) is 0 Å². The number of nitrogens with zero attached hydrogens (tertiary/aromatic N) is 5. The largest absolute Gasteiger partial charge is 1.00 e. The molecule has 3 aliphatic rings. The summed E-state index contributed by atoms with van der Waals surface area (Å²) in [5.74, 6) is -1.26. The molecule has 0 unspecified atom stereocenters. The number of Topliss-reactive ketones (excluding diaryl/α,β-unsaturated/α-hetero) is 2. The Morgan fingerprint density at radius 2 is 0.767 bits per heavy atom. The molecule has 0 aliphatic carbocycles. The fourth-order valence-corrected chi connectivity index (χ4v) is 23.5. The molecule has 6 N–H and O–H groups in total. The van der Waals surface area contributed by atoms with E-state index in [1.165, 1.54) is 143 Å². The van der Waals surface area contributed by atoms with Crippen LogP contribution in [0.25, 0.3) is 4.72 Å². The summed E-state index contributed by atoms with van der Waals surface area (Å²) >= 11 is 28.4. The van der Waals surface area contributed by atoms with Gasteiger partial charge in [0.05, 0.1) is 112 Å². The van der Waals surface area contributed by atoms with Crippen molar-refractivity contribution in [2.75, 3.05) is 129 Å². The second-order valence-corrected chi connectivity index (χ2v) is 41.3. The first-order valence-electron chi connectivity index (χ1n) is 39.2. The summed E-state index contributed by atoms with van der Waals surface area (Å²) < 4.78 is 132. The van der Waals surface area contributed by atoms with Gasteiger partial charge in [0, 0.05) is 92.5 Å². The average molecular weight is 2020 g/mol. The number of benzene rings is 7. The van der Waals surface area contributed by atoms with Crippen LogP contribution in [0.3, 0.4) is 0 Å². The van der Waals surface area contributed by atoms with Gasteiger partial charge >= 0.3 is 41.5 Å². The number of nitriles is 1. The van der Waals surface area contributed by atoms with Crippen LogP contribution in [-0.2, 0) is 75.6 Å². The van der Waals surface area contributed by atoms with Gasteiger partial charge in [-0.1, -0.05) is 119 Å². The Balaban J connectivity index is 0.000000222. The number of hydrogen-bond donors (Lipinski definition) is 4. The van der Waals surface area contributed by atoms with Gasteiger partial charge < -0.3 is 54.6 Å². The van der Waals surface area contributed by atoms with Crippen molar-refractivity contribution in [3.63, 3.8) is 0 Å². The summed E-state index contributed by atoms with van der Waals surface area (Å²) in [7, 11) is -7.93. The number of morpholine rings is 3. The van der Waals surface area contributed by atoms with Crippen molar-refractivity contribution in [1.29, 1.82) is 5.26 Å². The van der Waals surface area contributed by atoms with Crippen LogP contribution in [0, 0.1) is 73.6 Å². The minimum Gasteiger partial charge on any atom is -0.571 e. The zero-order valence-electron chi connectivity index (χ0n) is 73.0. The van der Waals surface area contributed by atoms with Crippen LogP contribution in [0.4, 0.5) is 45.5 Å². The summed E-state index contributed by atoms with van der Waals surface area (Å²) in [6, 6.07) is 38.9. The molecule has 7 heterocycles. The Kier molecular flexibility index (Phi) is 41.7. The van der Waals surface area contributed by atoms with Crippen LogP contribution in [0.2, 0.25) is 20.1 Å². The van der Waals surface area contributed by atoms with Crippen LogP contribution in [0.1, 0.15) is 107 Å². The molecule has 3 fully saturated rings. The van der Waals surface area contributed by atoms with E-state index in [1.54, 1.807) is 94.3 Å². The maximum Gasteiger partial charge on any atom is 1.00 e. The molecular weight excluding hydrogens is 1920 g/mol. The SMILES string of the molecule is CC#N.COC(=O)c1sccc1N.COC(=O)c1sccc1NS(=O)(=O)c1ccccc1Cl.Cc1cc(C)c(N2CCOCC2)c(C)c1CC(=O)c1sccc1NS(=O)(=O)c1ccccc1Cl.Cc1cc(C)c(N2CCOCC2)c(C)c1CC(=O)c1sccc1[N-]S(=O)(=O)c1ccccc1Cl.Cc1cc(C)c(N2CCOCC2)c(C)c1N.O=S(=O)(Cl)c1ccccc1Cl.[Na+]. The number of nitrogens with one attached hydrogen (secondary N) is 2. The molecule has 0 atom stereocenters. The quantitative estimate of drug-likeness (QED) is 0.0171. The molecule has 26 nitrogen and oxygen atoms in total. The molecule has 3 saturated heterocycles. The first-order chi connectivity index (χ1) is 60.6. The number of methoxy groups -OCH3 is 2. The van der Waals surface area contributed by atoms with E-state index >= 15 is 0 Å². The number of ketones is 2. The number of aryl methyl sites for hydroxylation is 6. The van der Waals surface area contributed by atoms with E-state index in [2.05, 4.69) is 105 Å². The Bertz CT molecular complexity index is 6110. The van der Waals surface area contributed by atoms with Gasteiger partial charge in [0.1, 0.15) is 34.5 Å². The van der Waals surface area contributed by atoms with E-state index < -0.39 is 45.1 Å². The number of sulfonamides is 3. The number of nitrogens with two attached hydrogens (primary N) is 2. The number of esters is 2. The third-order valence-corrected chi connectivity index (χ3v) is 31.0. The van der Waals surface area contributed by atoms with E-state index in [4.69, 9.17) is 88.0 Å². The molecule has 0 bridgehead atoms. The predicted octanol–water partition coefficient (Wildman–Crippen LogP) is 17.3. The first-order valence-corrected chi connectivity index (χ1v) is 51.0. The second kappa shape index (κ2) is 49.9. The summed E-state index contributed by atoms with van der Waals surface area (Å²) in [6.07, 6.45) is 0.362. The topological polar surface area (TPSA) is 375 Å². The zero-order valence-corrected chi connectivity index (χ0v) is 85.3. The Morgan fingerprint density at radius 1 is 0.450 bits per heavy atom. The van der Waals surface area contributed by atoms with E-state index in [0.717, 1.165) is 114 Å². The Labute approximate surface area is 816 Å². The number of anilines is 7. The number of ether oxygens (including phenoxy) is 5. The van der Waals surface area contributed by atoms with Crippen molar-refractivity contribution in [3.05, 3.63) is 267 Å². The van der Waals surface area contributed by atoms with Gasteiger partial charge in [-0.2, -0.15) is 5.26 Å². The Morgan fingerprint density at radius 3 is 1.14 bits per heavy atom. The number of carbonyl (C=O) groups excluding carboxylic acids is 4. The standard InChI is InChI=1S/2C25H27ClN2O4S2.C13H20N2O.C12H10ClNO4S2.C6H4Cl2O2S.C6H7NO2S.C2H3N.Na/c2*1-16-14-17(2)24(28-9-11-32-12-10-28)18(3)19(16)15-22(29)25-21(8-13-33-25)27-34(30,31)23-7-5-4-6-20(23)26;1-9-8-10(2)13(11(3)12(9)14)15-4-6-16-7-5-15;1-18-12(15)11-9(6-7-19-11)14-20(16,17)10-5-3-2-4-8(10)13;7-5-3-1-2-4-6(5)11(8,9)10;1-9-6(8)5-4(7)2-3-10-5;1-2-3;/h4-8,13-14H,9-12,15H2,1-3H3,(H,27,29);4-8,13-14,27H,9-12,15H2,1-3H3;8H,4-7,14H2,1-3H3;2-7,14H,1H3;1-4H;2-3H,7H2,1H3;1H3;/q;;;;;;;+1/p-1. The van der Waals surface area contributed by atoms with Crippen molar-refractivity contribution < 1.29 is 106 Å². The number of thiophene rings is 4. The van der Waals surface area contributed by atoms with Crippen molar-refractivity contribution in [3.8, 4) is 6.07 Å². The third kappa shape index (κ3) is 29.1. The normalized spacial score (nSPS) is 13.1. The van der Waals surface area contributed by atoms with E-state index in [9.17, 15) is 52.8 Å². The Hall–Kier alpha value is -8.36. The van der Waals surface area contributed by atoms with Gasteiger partial charge in [0.15, 0.2) is 11.6 Å². The summed E-state index contributed by atoms with van der Waals surface area (Å²) in [5, 5.41) is 14.5. The van der Waals surface area contributed by atoms with Crippen molar-refractivity contribution in [2.45, 2.75) is 102 Å². The van der Waals surface area contributed by atoms with Crippen LogP contribution in [-0.4, -0.2) is 150 Å². The monoisotopic (exact) mass is 2020 g/mol. The molecule has 7 aromatic carbocycles. The minimum atomic E-state index is -4.06. The van der Waals surface area contributed by atoms with Crippen LogP contribution >= 0.6 is 102 Å². The summed E-state index contributed by atoms with van der Waals surface area (Å²) in [4.78, 5) is 57.2. The molecule has 129 heavy (non-hydrogen) atoms. The summed E-state index contributed by atoms with van der Waals surface area (Å²) in [5.41, 5.74) is 29.4. The number of hydrogen-bond acceptors (Lipinski definition) is 27. The van der Waals surface area contributed by atoms with Gasteiger partial charge in [0.25, 0.3) is 29.1 Å². The van der Waals surface area contributed by atoms with Gasteiger partial charge in [-0.3, -0.25) is 19.0 Å². The number of halogens is 5. The first kappa shape index (κ1) is 108. The molecule has 4 aromatic heterocycles. The smallest absolute Gasteiger partial charge is 0.571 e. The van der Waals surface area contributed by atoms with E-state index in [-0.39, 0.29) is 122 Å². The number of rotatable bonds is 21. The maximum absolute atomic E-state index is 13.4. The molecule has 0 spiro atoms. The molecule has 684 valence electrons. The average Bonchev–Trinajstić information content (AvgIpc) is 1.21. The van der Waals surface area contributed by atoms with E-state index in [1.807, 2.05) is 13.8 Å². The van der Waals surface area contributed by atoms with Gasteiger partial charge in [-0.05, 0) is 212 Å². The van der Waals surface area contributed by atoms with Crippen LogP contribution < -0.4 is 65.2 Å². The minimum absolute atomic E-state index is 0. The van der Waals surface area contributed by atoms with Crippen LogP contribution in [0.5, 0.6) is 0 Å². The van der Waals surface area contributed by atoms with Crippen LogP contribution in [0.15, 0.2) is 181 Å². The van der Waals surface area contributed by atoms with Crippen molar-refractivity contribution >= 4 is 211 Å². The van der Waals surface area contributed by atoms with Gasteiger partial charge in [-0.25, -0.2) is 43.3 Å². The van der Waals surface area contributed by atoms with Crippen molar-refractivity contribution in [1.82, 2.24) is 0 Å².